The molecule has 1 saturated heterocycles. The highest BCUT2D eigenvalue weighted by Gasteiger charge is 2.26. The molecule has 2 aromatic carbocycles. The fourth-order valence-electron chi connectivity index (χ4n) is 3.35. The number of benzene rings is 2. The van der Waals surface area contributed by atoms with Crippen LogP contribution in [0.25, 0.3) is 0 Å². The number of nitrogens with zero attached hydrogens (tertiary/aromatic N) is 2. The van der Waals surface area contributed by atoms with E-state index in [9.17, 15) is 4.79 Å². The summed E-state index contributed by atoms with van der Waals surface area (Å²) in [6, 6.07) is 15.3. The Morgan fingerprint density at radius 3 is 2.44 bits per heavy atom. The molecule has 1 heterocycles. The second kappa shape index (κ2) is 8.77. The number of carbonyl (C=O) groups is 1. The van der Waals surface area contributed by atoms with Gasteiger partial charge >= 0.3 is 0 Å². The minimum Gasteiger partial charge on any atom is -0.497 e. The molecular weight excluding hydrogens is 342 g/mol. The van der Waals surface area contributed by atoms with Crippen LogP contribution in [0.4, 0.5) is 11.4 Å². The first-order chi connectivity index (χ1) is 13.1. The molecule has 1 amide bonds. The summed E-state index contributed by atoms with van der Waals surface area (Å²) < 4.78 is 10.7. The fraction of sp³-hybridized carbons (Fsp3) is 0.381. The molecule has 1 aliphatic heterocycles. The molecule has 0 radical (unpaired) electrons. The second-order valence-corrected chi connectivity index (χ2v) is 6.59. The number of ether oxygens (including phenoxy) is 2. The number of carbonyl (C=O) groups excluding carboxylic acids is 1. The molecule has 1 fully saturated rings. The van der Waals surface area contributed by atoms with Crippen molar-refractivity contribution < 1.29 is 14.3 Å². The molecule has 0 aromatic heterocycles. The van der Waals surface area contributed by atoms with Crippen molar-refractivity contribution in [2.24, 2.45) is 0 Å². The van der Waals surface area contributed by atoms with Crippen LogP contribution in [0.5, 0.6) is 11.5 Å². The van der Waals surface area contributed by atoms with Crippen molar-refractivity contribution in [3.05, 3.63) is 48.5 Å². The van der Waals surface area contributed by atoms with Crippen molar-refractivity contribution in [2.75, 3.05) is 50.6 Å². The molecule has 2 aromatic rings. The minimum absolute atomic E-state index is 0.00556. The monoisotopic (exact) mass is 369 g/mol. The van der Waals surface area contributed by atoms with E-state index < -0.39 is 0 Å². The van der Waals surface area contributed by atoms with Gasteiger partial charge in [0.1, 0.15) is 11.5 Å². The summed E-state index contributed by atoms with van der Waals surface area (Å²) in [7, 11) is 3.31. The van der Waals surface area contributed by atoms with Gasteiger partial charge in [0, 0.05) is 37.9 Å². The highest BCUT2D eigenvalue weighted by atomic mass is 16.5. The van der Waals surface area contributed by atoms with Crippen LogP contribution in [0, 0.1) is 0 Å². The van der Waals surface area contributed by atoms with Crippen molar-refractivity contribution >= 4 is 17.3 Å². The van der Waals surface area contributed by atoms with Gasteiger partial charge in [-0.05, 0) is 31.2 Å². The Bertz CT molecular complexity index is 773. The maximum Gasteiger partial charge on any atom is 0.241 e. The summed E-state index contributed by atoms with van der Waals surface area (Å²) in [6.07, 6.45) is 0. The van der Waals surface area contributed by atoms with Crippen molar-refractivity contribution in [3.63, 3.8) is 0 Å². The van der Waals surface area contributed by atoms with Gasteiger partial charge in [-0.15, -0.1) is 0 Å². The van der Waals surface area contributed by atoms with Crippen LogP contribution in [0.15, 0.2) is 48.5 Å². The molecule has 144 valence electrons. The Morgan fingerprint density at radius 2 is 1.74 bits per heavy atom. The molecule has 0 saturated carbocycles. The van der Waals surface area contributed by atoms with Crippen LogP contribution in [-0.4, -0.2) is 57.2 Å². The van der Waals surface area contributed by atoms with Crippen LogP contribution < -0.4 is 19.7 Å². The zero-order chi connectivity index (χ0) is 19.2. The van der Waals surface area contributed by atoms with Crippen LogP contribution in [0.3, 0.4) is 0 Å². The average molecular weight is 369 g/mol. The van der Waals surface area contributed by atoms with Crippen LogP contribution in [0.2, 0.25) is 0 Å². The Balaban J connectivity index is 1.57. The van der Waals surface area contributed by atoms with Gasteiger partial charge in [0.2, 0.25) is 5.91 Å². The van der Waals surface area contributed by atoms with Gasteiger partial charge in [0.05, 0.1) is 25.9 Å². The SMILES string of the molecule is COc1cccc(NC(=O)C(C)N2CCN(c3ccccc3OC)CC2)c1. The minimum atomic E-state index is -0.198. The number of nitrogens with one attached hydrogen (secondary N) is 1. The van der Waals surface area contributed by atoms with Crippen LogP contribution >= 0.6 is 0 Å². The van der Waals surface area contributed by atoms with Crippen LogP contribution in [0.1, 0.15) is 6.92 Å². The Kier molecular flexibility index (Phi) is 6.19. The zero-order valence-corrected chi connectivity index (χ0v) is 16.1. The number of methoxy groups -OCH3 is 2. The van der Waals surface area contributed by atoms with Gasteiger partial charge in [0.25, 0.3) is 0 Å². The lowest BCUT2D eigenvalue weighted by Gasteiger charge is -2.38. The Morgan fingerprint density at radius 1 is 1.00 bits per heavy atom. The highest BCUT2D eigenvalue weighted by molar-refractivity contribution is 5.94. The van der Waals surface area contributed by atoms with E-state index in [4.69, 9.17) is 9.47 Å². The number of piperazine rings is 1. The molecule has 0 spiro atoms. The Labute approximate surface area is 160 Å². The van der Waals surface area contributed by atoms with Gasteiger partial charge in [-0.25, -0.2) is 0 Å². The lowest BCUT2D eigenvalue weighted by Crippen LogP contribution is -2.52. The maximum absolute atomic E-state index is 12.6. The van der Waals surface area contributed by atoms with E-state index in [-0.39, 0.29) is 11.9 Å². The summed E-state index contributed by atoms with van der Waals surface area (Å²) in [5, 5.41) is 2.98. The van der Waals surface area contributed by atoms with E-state index in [1.807, 2.05) is 49.4 Å². The zero-order valence-electron chi connectivity index (χ0n) is 16.1. The van der Waals surface area contributed by atoms with E-state index in [1.165, 1.54) is 0 Å². The number of hydrogen-bond acceptors (Lipinski definition) is 5. The van der Waals surface area contributed by atoms with Gasteiger partial charge in [0.15, 0.2) is 0 Å². The molecule has 6 nitrogen and oxygen atoms in total. The van der Waals surface area contributed by atoms with Crippen LogP contribution in [-0.2, 0) is 4.79 Å². The standard InChI is InChI=1S/C21H27N3O3/c1-16(21(25)22-17-7-6-8-18(15-17)26-2)23-11-13-24(14-12-23)19-9-4-5-10-20(19)27-3/h4-10,15-16H,11-14H2,1-3H3,(H,22,25). The first-order valence-corrected chi connectivity index (χ1v) is 9.19. The van der Waals surface area contributed by atoms with E-state index >= 15 is 0 Å². The summed E-state index contributed by atoms with van der Waals surface area (Å²) in [5.74, 6) is 1.61. The topological polar surface area (TPSA) is 54.0 Å². The number of amides is 1. The van der Waals surface area contributed by atoms with E-state index in [0.717, 1.165) is 49.1 Å². The third-order valence-electron chi connectivity index (χ3n) is 5.00. The van der Waals surface area contributed by atoms with E-state index in [0.29, 0.717) is 0 Å². The number of anilines is 2. The highest BCUT2D eigenvalue weighted by Crippen LogP contribution is 2.28. The summed E-state index contributed by atoms with van der Waals surface area (Å²) in [6.45, 7) is 5.32. The molecule has 0 aliphatic carbocycles. The lowest BCUT2D eigenvalue weighted by atomic mass is 10.2. The van der Waals surface area contributed by atoms with Crippen molar-refractivity contribution in [1.29, 1.82) is 0 Å². The van der Waals surface area contributed by atoms with Gasteiger partial charge in [-0.2, -0.15) is 0 Å². The first-order valence-electron chi connectivity index (χ1n) is 9.19. The summed E-state index contributed by atoms with van der Waals surface area (Å²) >= 11 is 0. The quantitative estimate of drug-likeness (QED) is 0.849. The molecule has 1 N–H and O–H groups in total. The second-order valence-electron chi connectivity index (χ2n) is 6.59. The largest absolute Gasteiger partial charge is 0.497 e. The number of rotatable bonds is 6. The smallest absolute Gasteiger partial charge is 0.241 e. The van der Waals surface area contributed by atoms with Gasteiger partial charge in [-0.3, -0.25) is 9.69 Å². The first kappa shape index (κ1) is 19.0. The summed E-state index contributed by atoms with van der Waals surface area (Å²) in [5.41, 5.74) is 1.85. The number of hydrogen-bond donors (Lipinski definition) is 1. The predicted octanol–water partition coefficient (Wildman–Crippen LogP) is 2.85. The predicted molar refractivity (Wildman–Crippen MR) is 108 cm³/mol. The third-order valence-corrected chi connectivity index (χ3v) is 5.00. The molecule has 6 heteroatoms. The average Bonchev–Trinajstić information content (AvgIpc) is 2.73. The normalized spacial score (nSPS) is 15.9. The Hall–Kier alpha value is -2.73. The maximum atomic E-state index is 12.6. The lowest BCUT2D eigenvalue weighted by molar-refractivity contribution is -0.120. The van der Waals surface area contributed by atoms with Crippen molar-refractivity contribution in [1.82, 2.24) is 4.90 Å². The van der Waals surface area contributed by atoms with Crippen molar-refractivity contribution in [2.45, 2.75) is 13.0 Å². The molecule has 1 atom stereocenters. The molecule has 27 heavy (non-hydrogen) atoms. The fourth-order valence-corrected chi connectivity index (χ4v) is 3.35. The molecule has 1 unspecified atom stereocenters. The molecule has 3 rings (SSSR count). The van der Waals surface area contributed by atoms with Crippen molar-refractivity contribution in [3.8, 4) is 11.5 Å². The third kappa shape index (κ3) is 4.52. The molecule has 0 bridgehead atoms. The van der Waals surface area contributed by atoms with E-state index in [1.54, 1.807) is 14.2 Å². The molecular formula is C21H27N3O3. The summed E-state index contributed by atoms with van der Waals surface area (Å²) in [4.78, 5) is 17.2. The number of para-hydroxylation sites is 2. The molecule has 1 aliphatic rings. The van der Waals surface area contributed by atoms with Gasteiger partial charge in [-0.1, -0.05) is 18.2 Å². The van der Waals surface area contributed by atoms with Gasteiger partial charge < -0.3 is 19.7 Å². The van der Waals surface area contributed by atoms with E-state index in [2.05, 4.69) is 21.2 Å².